The molecule has 0 saturated carbocycles. The highest BCUT2D eigenvalue weighted by Crippen LogP contribution is 2.29. The highest BCUT2D eigenvalue weighted by atomic mass is 16.3. The molecule has 0 fully saturated rings. The van der Waals surface area contributed by atoms with E-state index < -0.39 is 5.60 Å². The molecule has 0 aliphatic rings. The van der Waals surface area contributed by atoms with Crippen molar-refractivity contribution < 1.29 is 5.11 Å². The van der Waals surface area contributed by atoms with Gasteiger partial charge in [0.05, 0.1) is 11.7 Å². The monoisotopic (exact) mass is 411 g/mol. The van der Waals surface area contributed by atoms with Crippen LogP contribution in [0.15, 0.2) is 60.8 Å². The summed E-state index contributed by atoms with van der Waals surface area (Å²) in [6.45, 7) is 4.54. The van der Waals surface area contributed by atoms with Gasteiger partial charge in [-0.2, -0.15) is 5.26 Å². The van der Waals surface area contributed by atoms with Crippen molar-refractivity contribution in [2.75, 3.05) is 0 Å². The van der Waals surface area contributed by atoms with Crippen LogP contribution >= 0.6 is 0 Å². The number of nitriles is 1. The van der Waals surface area contributed by atoms with Gasteiger partial charge < -0.3 is 5.11 Å². The van der Waals surface area contributed by atoms with Gasteiger partial charge in [-0.1, -0.05) is 61.5 Å². The predicted molar refractivity (Wildman–Crippen MR) is 120 cm³/mol. The van der Waals surface area contributed by atoms with Gasteiger partial charge in [0, 0.05) is 11.9 Å². The standard InChI is InChI=1S/C25H25N5O/c1-3-25(31,4-2)24-17-30(29-28-24)13-12-18-10-11-21-22(19-8-6-5-7-9-19)15-20(16-26)27-23(21)14-18/h5-11,14-15,17,31H,3-4,12-13H2,1-2H3. The first kappa shape index (κ1) is 20.7. The van der Waals surface area contributed by atoms with Gasteiger partial charge >= 0.3 is 0 Å². The Morgan fingerprint density at radius 1 is 1.06 bits per heavy atom. The van der Waals surface area contributed by atoms with E-state index in [0.717, 1.165) is 34.0 Å². The number of benzene rings is 2. The van der Waals surface area contributed by atoms with E-state index in [-0.39, 0.29) is 0 Å². The molecule has 2 aromatic heterocycles. The minimum Gasteiger partial charge on any atom is -0.383 e. The van der Waals surface area contributed by atoms with Crippen molar-refractivity contribution in [2.45, 2.75) is 45.3 Å². The van der Waals surface area contributed by atoms with Crippen LogP contribution in [0.1, 0.15) is 43.6 Å². The molecular weight excluding hydrogens is 386 g/mol. The first-order valence-electron chi connectivity index (χ1n) is 10.6. The van der Waals surface area contributed by atoms with E-state index in [9.17, 15) is 10.4 Å². The van der Waals surface area contributed by atoms with Crippen LogP contribution in [0.25, 0.3) is 22.0 Å². The lowest BCUT2D eigenvalue weighted by Crippen LogP contribution is -2.23. The molecule has 0 aliphatic heterocycles. The van der Waals surface area contributed by atoms with Crippen LogP contribution in [0, 0.1) is 11.3 Å². The Morgan fingerprint density at radius 2 is 1.84 bits per heavy atom. The third-order valence-electron chi connectivity index (χ3n) is 5.89. The predicted octanol–water partition coefficient (Wildman–Crippen LogP) is 4.62. The van der Waals surface area contributed by atoms with Crippen molar-refractivity contribution in [2.24, 2.45) is 0 Å². The van der Waals surface area contributed by atoms with Crippen LogP contribution < -0.4 is 0 Å². The highest BCUT2D eigenvalue weighted by molar-refractivity contribution is 5.95. The molecule has 0 unspecified atom stereocenters. The number of rotatable bonds is 7. The Labute approximate surface area is 181 Å². The van der Waals surface area contributed by atoms with Crippen LogP contribution in [0.2, 0.25) is 0 Å². The van der Waals surface area contributed by atoms with E-state index in [1.165, 1.54) is 0 Å². The van der Waals surface area contributed by atoms with E-state index in [2.05, 4.69) is 33.5 Å². The highest BCUT2D eigenvalue weighted by Gasteiger charge is 2.28. The number of aromatic nitrogens is 4. The minimum atomic E-state index is -0.924. The third kappa shape index (κ3) is 4.18. The summed E-state index contributed by atoms with van der Waals surface area (Å²) in [4.78, 5) is 4.53. The van der Waals surface area contributed by atoms with Gasteiger partial charge in [0.15, 0.2) is 0 Å². The van der Waals surface area contributed by atoms with E-state index in [1.807, 2.05) is 62.5 Å². The Balaban J connectivity index is 1.60. The van der Waals surface area contributed by atoms with Gasteiger partial charge in [-0.25, -0.2) is 4.98 Å². The van der Waals surface area contributed by atoms with Crippen molar-refractivity contribution in [3.05, 3.63) is 77.7 Å². The molecule has 4 aromatic rings. The van der Waals surface area contributed by atoms with E-state index in [1.54, 1.807) is 4.68 Å². The van der Waals surface area contributed by atoms with E-state index >= 15 is 0 Å². The van der Waals surface area contributed by atoms with Crippen molar-refractivity contribution in [3.63, 3.8) is 0 Å². The fraction of sp³-hybridized carbons (Fsp3) is 0.280. The zero-order chi connectivity index (χ0) is 21.8. The quantitative estimate of drug-likeness (QED) is 0.480. The van der Waals surface area contributed by atoms with Crippen LogP contribution in [-0.4, -0.2) is 25.1 Å². The Morgan fingerprint density at radius 3 is 2.55 bits per heavy atom. The maximum absolute atomic E-state index is 10.6. The zero-order valence-electron chi connectivity index (χ0n) is 17.8. The lowest BCUT2D eigenvalue weighted by molar-refractivity contribution is 0.0239. The average molecular weight is 412 g/mol. The molecule has 6 heteroatoms. The van der Waals surface area contributed by atoms with Gasteiger partial charge in [0.1, 0.15) is 23.1 Å². The first-order chi connectivity index (χ1) is 15.1. The molecule has 0 saturated heterocycles. The van der Waals surface area contributed by atoms with Gasteiger partial charge in [0.25, 0.3) is 0 Å². The normalized spacial score (nSPS) is 11.5. The van der Waals surface area contributed by atoms with Gasteiger partial charge in [-0.15, -0.1) is 5.10 Å². The fourth-order valence-electron chi connectivity index (χ4n) is 3.82. The lowest BCUT2D eigenvalue weighted by atomic mass is 9.94. The molecule has 0 radical (unpaired) electrons. The summed E-state index contributed by atoms with van der Waals surface area (Å²) in [5, 5.41) is 29.5. The molecule has 0 aliphatic carbocycles. The van der Waals surface area contributed by atoms with Crippen LogP contribution in [0.4, 0.5) is 0 Å². The zero-order valence-corrected chi connectivity index (χ0v) is 17.8. The summed E-state index contributed by atoms with van der Waals surface area (Å²) < 4.78 is 1.77. The molecule has 0 amide bonds. The Hall–Kier alpha value is -3.56. The second-order valence-corrected chi connectivity index (χ2v) is 7.74. The third-order valence-corrected chi connectivity index (χ3v) is 5.89. The van der Waals surface area contributed by atoms with Gasteiger partial charge in [-0.3, -0.25) is 4.68 Å². The van der Waals surface area contributed by atoms with Crippen molar-refractivity contribution in [1.82, 2.24) is 20.0 Å². The van der Waals surface area contributed by atoms with Crippen LogP contribution in [-0.2, 0) is 18.6 Å². The molecular formula is C25H25N5O. The first-order valence-corrected chi connectivity index (χ1v) is 10.6. The number of aliphatic hydroxyl groups is 1. The summed E-state index contributed by atoms with van der Waals surface area (Å²) in [7, 11) is 0. The number of nitrogens with zero attached hydrogens (tertiary/aromatic N) is 5. The molecule has 31 heavy (non-hydrogen) atoms. The summed E-state index contributed by atoms with van der Waals surface area (Å²) in [5.41, 5.74) is 4.08. The van der Waals surface area contributed by atoms with E-state index in [4.69, 9.17) is 0 Å². The van der Waals surface area contributed by atoms with Crippen LogP contribution in [0.3, 0.4) is 0 Å². The maximum atomic E-state index is 10.6. The molecule has 2 heterocycles. The molecule has 0 bridgehead atoms. The second-order valence-electron chi connectivity index (χ2n) is 7.74. The molecule has 2 aromatic carbocycles. The average Bonchev–Trinajstić information content (AvgIpc) is 3.31. The van der Waals surface area contributed by atoms with Gasteiger partial charge in [-0.05, 0) is 48.1 Å². The van der Waals surface area contributed by atoms with Crippen LogP contribution in [0.5, 0.6) is 0 Å². The fourth-order valence-corrected chi connectivity index (χ4v) is 3.82. The smallest absolute Gasteiger partial charge is 0.141 e. The molecule has 156 valence electrons. The number of fused-ring (bicyclic) bond motifs is 1. The minimum absolute atomic E-state index is 0.405. The summed E-state index contributed by atoms with van der Waals surface area (Å²) in [6, 6.07) is 20.3. The van der Waals surface area contributed by atoms with Crippen molar-refractivity contribution in [3.8, 4) is 17.2 Å². The number of aryl methyl sites for hydroxylation is 2. The van der Waals surface area contributed by atoms with Gasteiger partial charge in [0.2, 0.25) is 0 Å². The SMILES string of the molecule is CCC(O)(CC)c1cn(CCc2ccc3c(-c4ccccc4)cc(C#N)nc3c2)nn1. The number of hydrogen-bond donors (Lipinski definition) is 1. The van der Waals surface area contributed by atoms with E-state index in [0.29, 0.717) is 30.8 Å². The summed E-state index contributed by atoms with van der Waals surface area (Å²) in [5.74, 6) is 0. The molecule has 0 atom stereocenters. The lowest BCUT2D eigenvalue weighted by Gasteiger charge is -2.21. The molecule has 6 nitrogen and oxygen atoms in total. The Kier molecular flexibility index (Phi) is 5.79. The number of pyridine rings is 1. The molecule has 4 rings (SSSR count). The molecule has 0 spiro atoms. The largest absolute Gasteiger partial charge is 0.383 e. The second kappa shape index (κ2) is 8.66. The Bertz CT molecular complexity index is 1240. The van der Waals surface area contributed by atoms with Crippen molar-refractivity contribution in [1.29, 1.82) is 5.26 Å². The summed E-state index contributed by atoms with van der Waals surface area (Å²) >= 11 is 0. The van der Waals surface area contributed by atoms with Crippen molar-refractivity contribution >= 4 is 10.9 Å². The number of hydrogen-bond acceptors (Lipinski definition) is 5. The maximum Gasteiger partial charge on any atom is 0.141 e. The molecule has 1 N–H and O–H groups in total. The summed E-state index contributed by atoms with van der Waals surface area (Å²) in [6.07, 6.45) is 3.77. The topological polar surface area (TPSA) is 87.6 Å².